The summed E-state index contributed by atoms with van der Waals surface area (Å²) < 4.78 is 10.7. The molecular weight excluding hydrogens is 368 g/mol. The fourth-order valence-corrected chi connectivity index (χ4v) is 3.32. The molecule has 0 fully saturated rings. The number of amides is 2. The van der Waals surface area contributed by atoms with Crippen molar-refractivity contribution in [2.24, 2.45) is 0 Å². The maximum absolute atomic E-state index is 13.2. The SMILES string of the molecule is COc1ccc(C)cc1NC1=C(c2ccccc2)C(=O)N(Cc2ccco2)C1=O. The minimum absolute atomic E-state index is 0.0666. The van der Waals surface area contributed by atoms with Crippen molar-refractivity contribution in [3.8, 4) is 5.75 Å². The number of ether oxygens (including phenoxy) is 1. The normalized spacial score (nSPS) is 13.9. The summed E-state index contributed by atoms with van der Waals surface area (Å²) in [4.78, 5) is 27.6. The quantitative estimate of drug-likeness (QED) is 0.647. The van der Waals surface area contributed by atoms with E-state index in [4.69, 9.17) is 9.15 Å². The molecule has 0 saturated carbocycles. The molecule has 1 N–H and O–H groups in total. The Morgan fingerprint density at radius 1 is 1.00 bits per heavy atom. The molecule has 6 heteroatoms. The molecule has 0 aliphatic carbocycles. The van der Waals surface area contributed by atoms with Crippen molar-refractivity contribution in [2.75, 3.05) is 12.4 Å². The van der Waals surface area contributed by atoms with Crippen LogP contribution in [0.25, 0.3) is 5.57 Å². The second-order valence-corrected chi connectivity index (χ2v) is 6.72. The molecule has 0 unspecified atom stereocenters. The zero-order valence-corrected chi connectivity index (χ0v) is 16.1. The van der Waals surface area contributed by atoms with Crippen molar-refractivity contribution >= 4 is 23.1 Å². The van der Waals surface area contributed by atoms with Crippen LogP contribution in [0.5, 0.6) is 5.75 Å². The minimum atomic E-state index is -0.409. The Balaban J connectivity index is 1.78. The first kappa shape index (κ1) is 18.6. The number of methoxy groups -OCH3 is 1. The van der Waals surface area contributed by atoms with Gasteiger partial charge in [0.25, 0.3) is 11.8 Å². The third kappa shape index (κ3) is 3.52. The summed E-state index contributed by atoms with van der Waals surface area (Å²) in [6, 6.07) is 18.2. The maximum atomic E-state index is 13.2. The average molecular weight is 388 g/mol. The average Bonchev–Trinajstić information content (AvgIpc) is 3.32. The number of hydrogen-bond donors (Lipinski definition) is 1. The molecule has 0 radical (unpaired) electrons. The fourth-order valence-electron chi connectivity index (χ4n) is 3.32. The summed E-state index contributed by atoms with van der Waals surface area (Å²) in [6.45, 7) is 2.01. The Hall–Kier alpha value is -3.80. The Labute approximate surface area is 168 Å². The Morgan fingerprint density at radius 3 is 2.48 bits per heavy atom. The van der Waals surface area contributed by atoms with Crippen LogP contribution in [0.15, 0.2) is 77.0 Å². The number of aryl methyl sites for hydroxylation is 1. The van der Waals surface area contributed by atoms with Gasteiger partial charge < -0.3 is 14.5 Å². The summed E-state index contributed by atoms with van der Waals surface area (Å²) in [5.41, 5.74) is 2.83. The van der Waals surface area contributed by atoms with Gasteiger partial charge in [-0.1, -0.05) is 36.4 Å². The van der Waals surface area contributed by atoms with E-state index in [-0.39, 0.29) is 18.1 Å². The number of hydrogen-bond acceptors (Lipinski definition) is 5. The Kier molecular flexibility index (Phi) is 4.91. The number of carbonyl (C=O) groups is 2. The van der Waals surface area contributed by atoms with Crippen molar-refractivity contribution in [2.45, 2.75) is 13.5 Å². The summed E-state index contributed by atoms with van der Waals surface area (Å²) >= 11 is 0. The van der Waals surface area contributed by atoms with E-state index < -0.39 is 5.91 Å². The second kappa shape index (κ2) is 7.67. The van der Waals surface area contributed by atoms with Crippen molar-refractivity contribution in [1.82, 2.24) is 4.90 Å². The van der Waals surface area contributed by atoms with Gasteiger partial charge in [-0.15, -0.1) is 0 Å². The predicted octanol–water partition coefficient (Wildman–Crippen LogP) is 3.99. The van der Waals surface area contributed by atoms with E-state index in [9.17, 15) is 9.59 Å². The van der Waals surface area contributed by atoms with E-state index in [0.717, 1.165) is 5.56 Å². The molecule has 2 heterocycles. The van der Waals surface area contributed by atoms with Crippen LogP contribution in [0.4, 0.5) is 5.69 Å². The highest BCUT2D eigenvalue weighted by Crippen LogP contribution is 2.34. The fraction of sp³-hybridized carbons (Fsp3) is 0.130. The van der Waals surface area contributed by atoms with Crippen LogP contribution in [0.2, 0.25) is 0 Å². The molecule has 4 rings (SSSR count). The first-order valence-corrected chi connectivity index (χ1v) is 9.18. The van der Waals surface area contributed by atoms with E-state index in [1.165, 1.54) is 11.2 Å². The van der Waals surface area contributed by atoms with Gasteiger partial charge in [0.05, 0.1) is 31.2 Å². The molecule has 1 aliphatic rings. The van der Waals surface area contributed by atoms with Gasteiger partial charge in [-0.25, -0.2) is 0 Å². The van der Waals surface area contributed by atoms with E-state index in [1.807, 2.05) is 55.5 Å². The highest BCUT2D eigenvalue weighted by atomic mass is 16.5. The molecular formula is C23H20N2O4. The van der Waals surface area contributed by atoms with Crippen molar-refractivity contribution in [1.29, 1.82) is 0 Å². The van der Waals surface area contributed by atoms with Crippen LogP contribution in [0.3, 0.4) is 0 Å². The molecule has 1 aromatic heterocycles. The van der Waals surface area contributed by atoms with Crippen molar-refractivity contribution in [3.63, 3.8) is 0 Å². The highest BCUT2D eigenvalue weighted by Gasteiger charge is 2.39. The van der Waals surface area contributed by atoms with Gasteiger partial charge in [0, 0.05) is 0 Å². The van der Waals surface area contributed by atoms with Crippen molar-refractivity contribution < 1.29 is 18.7 Å². The van der Waals surface area contributed by atoms with Gasteiger partial charge >= 0.3 is 0 Å². The molecule has 146 valence electrons. The van der Waals surface area contributed by atoms with Crippen LogP contribution in [-0.4, -0.2) is 23.8 Å². The largest absolute Gasteiger partial charge is 0.495 e. The summed E-state index contributed by atoms with van der Waals surface area (Å²) in [7, 11) is 1.56. The lowest BCUT2D eigenvalue weighted by Gasteiger charge is -2.15. The standard InChI is InChI=1S/C23H20N2O4/c1-15-10-11-19(28-2)18(13-15)24-21-20(16-7-4-3-5-8-16)22(26)25(23(21)27)14-17-9-6-12-29-17/h3-13,24H,14H2,1-2H3. The molecule has 0 atom stereocenters. The first-order valence-electron chi connectivity index (χ1n) is 9.18. The molecule has 0 saturated heterocycles. The number of nitrogens with one attached hydrogen (secondary N) is 1. The lowest BCUT2D eigenvalue weighted by Crippen LogP contribution is -2.31. The number of rotatable bonds is 6. The lowest BCUT2D eigenvalue weighted by molar-refractivity contribution is -0.137. The molecule has 2 aromatic carbocycles. The Bertz CT molecular complexity index is 1090. The zero-order chi connectivity index (χ0) is 20.4. The molecule has 3 aromatic rings. The summed E-state index contributed by atoms with van der Waals surface area (Å²) in [6.07, 6.45) is 1.52. The maximum Gasteiger partial charge on any atom is 0.278 e. The molecule has 29 heavy (non-hydrogen) atoms. The van der Waals surface area contributed by atoms with Gasteiger partial charge in [0.1, 0.15) is 17.2 Å². The molecule has 0 spiro atoms. The lowest BCUT2D eigenvalue weighted by atomic mass is 10.0. The number of benzene rings is 2. The molecule has 0 bridgehead atoms. The monoisotopic (exact) mass is 388 g/mol. The van der Waals surface area contributed by atoms with Crippen LogP contribution >= 0.6 is 0 Å². The van der Waals surface area contributed by atoms with Gasteiger partial charge in [-0.2, -0.15) is 0 Å². The molecule has 1 aliphatic heterocycles. The van der Waals surface area contributed by atoms with E-state index in [0.29, 0.717) is 28.3 Å². The number of anilines is 1. The summed E-state index contributed by atoms with van der Waals surface area (Å²) in [5, 5.41) is 3.15. The molecule has 2 amide bonds. The summed E-state index contributed by atoms with van der Waals surface area (Å²) in [5.74, 6) is 0.342. The third-order valence-corrected chi connectivity index (χ3v) is 4.74. The van der Waals surface area contributed by atoms with Gasteiger partial charge in [-0.3, -0.25) is 14.5 Å². The smallest absolute Gasteiger partial charge is 0.278 e. The van der Waals surface area contributed by atoms with E-state index >= 15 is 0 Å². The Morgan fingerprint density at radius 2 is 1.79 bits per heavy atom. The first-order chi connectivity index (χ1) is 14.1. The van der Waals surface area contributed by atoms with E-state index in [2.05, 4.69) is 5.32 Å². The van der Waals surface area contributed by atoms with E-state index in [1.54, 1.807) is 19.2 Å². The zero-order valence-electron chi connectivity index (χ0n) is 16.1. The molecule has 6 nitrogen and oxygen atoms in total. The van der Waals surface area contributed by atoms with Crippen LogP contribution in [0.1, 0.15) is 16.9 Å². The predicted molar refractivity (Wildman–Crippen MR) is 109 cm³/mol. The van der Waals surface area contributed by atoms with Crippen molar-refractivity contribution in [3.05, 3.63) is 89.5 Å². The van der Waals surface area contributed by atoms with Crippen LogP contribution < -0.4 is 10.1 Å². The third-order valence-electron chi connectivity index (χ3n) is 4.74. The minimum Gasteiger partial charge on any atom is -0.495 e. The topological polar surface area (TPSA) is 71.8 Å². The van der Waals surface area contributed by atoms with Gasteiger partial charge in [0.2, 0.25) is 0 Å². The van der Waals surface area contributed by atoms with Gasteiger partial charge in [0.15, 0.2) is 0 Å². The highest BCUT2D eigenvalue weighted by molar-refractivity contribution is 6.36. The van der Waals surface area contributed by atoms with Crippen LogP contribution in [0, 0.1) is 6.92 Å². The van der Waals surface area contributed by atoms with Gasteiger partial charge in [-0.05, 0) is 42.3 Å². The number of imide groups is 1. The number of furan rings is 1. The van der Waals surface area contributed by atoms with Crippen LogP contribution in [-0.2, 0) is 16.1 Å². The number of carbonyl (C=O) groups excluding carboxylic acids is 2. The number of nitrogens with zero attached hydrogens (tertiary/aromatic N) is 1. The second-order valence-electron chi connectivity index (χ2n) is 6.72.